The number of hydrogen-bond donors (Lipinski definition) is 1. The van der Waals surface area contributed by atoms with Crippen LogP contribution in [0.3, 0.4) is 0 Å². The van der Waals surface area contributed by atoms with Gasteiger partial charge < -0.3 is 5.73 Å². The molecule has 0 radical (unpaired) electrons. The van der Waals surface area contributed by atoms with Gasteiger partial charge in [0.2, 0.25) is 0 Å². The molecule has 106 valence electrons. The second-order valence-electron chi connectivity index (χ2n) is 4.71. The van der Waals surface area contributed by atoms with Crippen molar-refractivity contribution >= 4 is 11.3 Å². The molecule has 2 aromatic carbocycles. The molecular weight excluding hydrogens is 283 g/mol. The number of thiazole rings is 1. The maximum Gasteiger partial charge on any atom is 0.124 e. The van der Waals surface area contributed by atoms with Crippen molar-refractivity contribution in [1.29, 1.82) is 0 Å². The summed E-state index contributed by atoms with van der Waals surface area (Å²) in [6.07, 6.45) is 0.775. The Bertz CT molecular complexity index is 738. The predicted octanol–water partition coefficient (Wildman–Crippen LogP) is 4.12. The van der Waals surface area contributed by atoms with Gasteiger partial charge in [-0.3, -0.25) is 0 Å². The molecule has 21 heavy (non-hydrogen) atoms. The summed E-state index contributed by atoms with van der Waals surface area (Å²) in [5.74, 6) is -0.246. The topological polar surface area (TPSA) is 38.9 Å². The van der Waals surface area contributed by atoms with Crippen LogP contribution in [-0.4, -0.2) is 11.5 Å². The monoisotopic (exact) mass is 298 g/mol. The third-order valence-electron chi connectivity index (χ3n) is 3.19. The number of hydrogen-bond acceptors (Lipinski definition) is 3. The molecule has 2 nitrogen and oxygen atoms in total. The molecular formula is C17H15FN2S. The molecule has 2 N–H and O–H groups in total. The molecule has 0 aliphatic carbocycles. The van der Waals surface area contributed by atoms with Crippen LogP contribution in [0.15, 0.2) is 54.6 Å². The molecule has 3 aromatic rings. The summed E-state index contributed by atoms with van der Waals surface area (Å²) in [7, 11) is 0. The fourth-order valence-corrected chi connectivity index (χ4v) is 3.31. The van der Waals surface area contributed by atoms with Crippen LogP contribution in [0.25, 0.3) is 21.8 Å². The first-order valence-electron chi connectivity index (χ1n) is 6.79. The van der Waals surface area contributed by atoms with E-state index in [0.29, 0.717) is 6.54 Å². The van der Waals surface area contributed by atoms with E-state index in [-0.39, 0.29) is 5.82 Å². The predicted molar refractivity (Wildman–Crippen MR) is 85.7 cm³/mol. The summed E-state index contributed by atoms with van der Waals surface area (Å²) in [6, 6.07) is 16.6. The summed E-state index contributed by atoms with van der Waals surface area (Å²) in [4.78, 5) is 5.85. The van der Waals surface area contributed by atoms with Crippen LogP contribution in [0.2, 0.25) is 0 Å². The van der Waals surface area contributed by atoms with Crippen LogP contribution in [0.1, 0.15) is 4.88 Å². The van der Waals surface area contributed by atoms with E-state index < -0.39 is 0 Å². The first-order chi connectivity index (χ1) is 10.3. The maximum atomic E-state index is 13.4. The van der Waals surface area contributed by atoms with Crippen molar-refractivity contribution < 1.29 is 4.39 Å². The zero-order valence-electron chi connectivity index (χ0n) is 11.4. The van der Waals surface area contributed by atoms with Gasteiger partial charge in [-0.2, -0.15) is 0 Å². The Hall–Kier alpha value is -2.04. The Morgan fingerprint density at radius 1 is 1.00 bits per heavy atom. The second kappa shape index (κ2) is 6.16. The van der Waals surface area contributed by atoms with Gasteiger partial charge >= 0.3 is 0 Å². The average Bonchev–Trinajstić information content (AvgIpc) is 2.93. The fraction of sp³-hybridized carbons (Fsp3) is 0.118. The standard InChI is InChI=1S/C17H15FN2S/c18-14-8-4-7-13(11-14)17-20-16(15(21-17)9-10-19)12-5-2-1-3-6-12/h1-8,11H,9-10,19H2. The van der Waals surface area contributed by atoms with Crippen LogP contribution in [0, 0.1) is 5.82 Å². The molecule has 1 aromatic heterocycles. The van der Waals surface area contributed by atoms with Crippen LogP contribution in [0.5, 0.6) is 0 Å². The lowest BCUT2D eigenvalue weighted by atomic mass is 10.1. The first-order valence-corrected chi connectivity index (χ1v) is 7.60. The van der Waals surface area contributed by atoms with Crippen LogP contribution < -0.4 is 5.73 Å². The molecule has 0 fully saturated rings. The fourth-order valence-electron chi connectivity index (χ4n) is 2.22. The van der Waals surface area contributed by atoms with Crippen molar-refractivity contribution in [2.75, 3.05) is 6.54 Å². The van der Waals surface area contributed by atoms with Crippen molar-refractivity contribution in [2.45, 2.75) is 6.42 Å². The lowest BCUT2D eigenvalue weighted by Gasteiger charge is -2.00. The first kappa shape index (κ1) is 13.9. The minimum atomic E-state index is -0.246. The summed E-state index contributed by atoms with van der Waals surface area (Å²) < 4.78 is 13.4. The largest absolute Gasteiger partial charge is 0.330 e. The Morgan fingerprint density at radius 2 is 1.76 bits per heavy atom. The van der Waals surface area contributed by atoms with Gasteiger partial charge in [0.1, 0.15) is 10.8 Å². The highest BCUT2D eigenvalue weighted by atomic mass is 32.1. The lowest BCUT2D eigenvalue weighted by molar-refractivity contribution is 0.628. The zero-order valence-corrected chi connectivity index (χ0v) is 12.2. The minimum absolute atomic E-state index is 0.246. The van der Waals surface area contributed by atoms with Crippen molar-refractivity contribution in [2.24, 2.45) is 5.73 Å². The van der Waals surface area contributed by atoms with Gasteiger partial charge in [0.15, 0.2) is 0 Å². The molecule has 0 bridgehead atoms. The van der Waals surface area contributed by atoms with Gasteiger partial charge in [0.25, 0.3) is 0 Å². The van der Waals surface area contributed by atoms with Crippen molar-refractivity contribution in [3.05, 3.63) is 65.3 Å². The van der Waals surface area contributed by atoms with E-state index in [0.717, 1.165) is 33.1 Å². The SMILES string of the molecule is NCCc1sc(-c2cccc(F)c2)nc1-c1ccccc1. The number of halogens is 1. The summed E-state index contributed by atoms with van der Waals surface area (Å²) >= 11 is 1.58. The highest BCUT2D eigenvalue weighted by Crippen LogP contribution is 2.34. The average molecular weight is 298 g/mol. The molecule has 0 spiro atoms. The summed E-state index contributed by atoms with van der Waals surface area (Å²) in [5, 5.41) is 0.830. The number of aromatic nitrogens is 1. The number of rotatable bonds is 4. The molecule has 0 saturated heterocycles. The van der Waals surface area contributed by atoms with E-state index in [2.05, 4.69) is 0 Å². The van der Waals surface area contributed by atoms with Crippen LogP contribution in [-0.2, 0) is 6.42 Å². The molecule has 1 heterocycles. The van der Waals surface area contributed by atoms with Crippen LogP contribution in [0.4, 0.5) is 4.39 Å². The second-order valence-corrected chi connectivity index (χ2v) is 5.79. The van der Waals surface area contributed by atoms with Gasteiger partial charge in [-0.15, -0.1) is 11.3 Å². The zero-order chi connectivity index (χ0) is 14.7. The Balaban J connectivity index is 2.08. The van der Waals surface area contributed by atoms with Crippen molar-refractivity contribution in [3.8, 4) is 21.8 Å². The number of nitrogens with two attached hydrogens (primary N) is 1. The van der Waals surface area contributed by atoms with Gasteiger partial charge in [-0.1, -0.05) is 42.5 Å². The highest BCUT2D eigenvalue weighted by Gasteiger charge is 2.14. The highest BCUT2D eigenvalue weighted by molar-refractivity contribution is 7.15. The Morgan fingerprint density at radius 3 is 2.48 bits per heavy atom. The lowest BCUT2D eigenvalue weighted by Crippen LogP contribution is -2.02. The van der Waals surface area contributed by atoms with E-state index in [4.69, 9.17) is 10.7 Å². The molecule has 4 heteroatoms. The number of nitrogens with zero attached hydrogens (tertiary/aromatic N) is 1. The van der Waals surface area contributed by atoms with E-state index in [1.807, 2.05) is 36.4 Å². The summed E-state index contributed by atoms with van der Waals surface area (Å²) in [6.45, 7) is 0.574. The third kappa shape index (κ3) is 3.01. The number of benzene rings is 2. The maximum absolute atomic E-state index is 13.4. The molecule has 0 aliphatic rings. The molecule has 0 amide bonds. The third-order valence-corrected chi connectivity index (χ3v) is 4.35. The molecule has 0 atom stereocenters. The Kier molecular flexibility index (Phi) is 4.08. The quantitative estimate of drug-likeness (QED) is 0.787. The molecule has 3 rings (SSSR count). The van der Waals surface area contributed by atoms with E-state index in [9.17, 15) is 4.39 Å². The van der Waals surface area contributed by atoms with E-state index in [1.165, 1.54) is 12.1 Å². The van der Waals surface area contributed by atoms with Crippen molar-refractivity contribution in [1.82, 2.24) is 4.98 Å². The van der Waals surface area contributed by atoms with E-state index >= 15 is 0 Å². The Labute approximate surface area is 127 Å². The van der Waals surface area contributed by atoms with Crippen molar-refractivity contribution in [3.63, 3.8) is 0 Å². The van der Waals surface area contributed by atoms with Crippen LogP contribution >= 0.6 is 11.3 Å². The van der Waals surface area contributed by atoms with Gasteiger partial charge in [0, 0.05) is 16.0 Å². The minimum Gasteiger partial charge on any atom is -0.330 e. The molecule has 0 saturated carbocycles. The smallest absolute Gasteiger partial charge is 0.124 e. The van der Waals surface area contributed by atoms with Gasteiger partial charge in [-0.05, 0) is 25.1 Å². The molecule has 0 aliphatic heterocycles. The van der Waals surface area contributed by atoms with Gasteiger partial charge in [0.05, 0.1) is 5.69 Å². The van der Waals surface area contributed by atoms with Gasteiger partial charge in [-0.25, -0.2) is 9.37 Å². The van der Waals surface area contributed by atoms with E-state index in [1.54, 1.807) is 17.4 Å². The summed E-state index contributed by atoms with van der Waals surface area (Å²) in [5.41, 5.74) is 8.52. The normalized spacial score (nSPS) is 10.8. The molecule has 0 unspecified atom stereocenters.